The van der Waals surface area contributed by atoms with Crippen LogP contribution < -0.4 is 0 Å². The molecule has 0 amide bonds. The molecule has 0 bridgehead atoms. The lowest BCUT2D eigenvalue weighted by atomic mass is 9.85. The standard InChI is InChI=1S/C21H22N4/c1-14-4-5-15(2)21-11-17(6-7-20(14)21)18-10-19(24-23-12-18)13-25-9-8-22-16(25)3/h4-5,8-12H,6-7,13H2,1-3H3. The molecule has 25 heavy (non-hydrogen) atoms. The number of nitrogens with zero attached hydrogens (tertiary/aromatic N) is 4. The molecule has 0 atom stereocenters. The predicted octanol–water partition coefficient (Wildman–Crippen LogP) is 4.13. The SMILES string of the molecule is Cc1ccc(C)c2c1C=C(c1cnnc(Cn3ccnc3C)c1)CC2. The van der Waals surface area contributed by atoms with Crippen LogP contribution in [0.25, 0.3) is 11.6 Å². The summed E-state index contributed by atoms with van der Waals surface area (Å²) >= 11 is 0. The van der Waals surface area contributed by atoms with Gasteiger partial charge in [0.2, 0.25) is 0 Å². The number of aromatic nitrogens is 4. The average Bonchev–Trinajstić information content (AvgIpc) is 3.03. The second kappa shape index (κ2) is 6.28. The summed E-state index contributed by atoms with van der Waals surface area (Å²) in [5, 5.41) is 8.54. The van der Waals surface area contributed by atoms with Crippen LogP contribution in [0, 0.1) is 20.8 Å². The Balaban J connectivity index is 1.69. The van der Waals surface area contributed by atoms with E-state index in [4.69, 9.17) is 0 Å². The molecule has 126 valence electrons. The van der Waals surface area contributed by atoms with Crippen LogP contribution in [-0.4, -0.2) is 19.7 Å². The molecule has 4 heteroatoms. The fourth-order valence-electron chi connectivity index (χ4n) is 3.57. The Morgan fingerprint density at radius 1 is 1.08 bits per heavy atom. The first-order chi connectivity index (χ1) is 12.1. The van der Waals surface area contributed by atoms with Crippen LogP contribution in [0.1, 0.15) is 45.8 Å². The summed E-state index contributed by atoms with van der Waals surface area (Å²) in [7, 11) is 0. The normalized spacial score (nSPS) is 13.5. The molecule has 1 aliphatic carbocycles. The Morgan fingerprint density at radius 3 is 2.72 bits per heavy atom. The Kier molecular flexibility index (Phi) is 3.96. The van der Waals surface area contributed by atoms with Gasteiger partial charge in [0.15, 0.2) is 0 Å². The first kappa shape index (κ1) is 15.8. The number of hydrogen-bond donors (Lipinski definition) is 0. The van der Waals surface area contributed by atoms with Gasteiger partial charge >= 0.3 is 0 Å². The highest BCUT2D eigenvalue weighted by Gasteiger charge is 2.16. The molecule has 4 rings (SSSR count). The van der Waals surface area contributed by atoms with Crippen LogP contribution in [0.5, 0.6) is 0 Å². The molecule has 1 aliphatic rings. The molecule has 0 radical (unpaired) electrons. The quantitative estimate of drug-likeness (QED) is 0.725. The van der Waals surface area contributed by atoms with Crippen LogP contribution in [0.2, 0.25) is 0 Å². The summed E-state index contributed by atoms with van der Waals surface area (Å²) in [4.78, 5) is 4.27. The Hall–Kier alpha value is -2.75. The van der Waals surface area contributed by atoms with E-state index < -0.39 is 0 Å². The highest BCUT2D eigenvalue weighted by atomic mass is 15.1. The van der Waals surface area contributed by atoms with Crippen LogP contribution in [0.15, 0.2) is 36.8 Å². The van der Waals surface area contributed by atoms with Gasteiger partial charge in [-0.05, 0) is 73.1 Å². The highest BCUT2D eigenvalue weighted by molar-refractivity contribution is 5.85. The summed E-state index contributed by atoms with van der Waals surface area (Å²) in [6.07, 6.45) is 10.2. The highest BCUT2D eigenvalue weighted by Crippen LogP contribution is 2.33. The van der Waals surface area contributed by atoms with Crippen molar-refractivity contribution >= 4 is 11.6 Å². The molecule has 3 aromatic rings. The van der Waals surface area contributed by atoms with E-state index in [1.54, 1.807) is 0 Å². The zero-order valence-corrected chi connectivity index (χ0v) is 15.0. The molecular formula is C21H22N4. The second-order valence-electron chi connectivity index (χ2n) is 6.80. The first-order valence-corrected chi connectivity index (χ1v) is 8.71. The minimum atomic E-state index is 0.703. The lowest BCUT2D eigenvalue weighted by molar-refractivity contribution is 0.725. The minimum Gasteiger partial charge on any atom is -0.329 e. The number of benzene rings is 1. The zero-order chi connectivity index (χ0) is 17.4. The molecule has 0 unspecified atom stereocenters. The molecule has 1 aromatic carbocycles. The third kappa shape index (κ3) is 3.00. The van der Waals surface area contributed by atoms with E-state index in [0.717, 1.165) is 24.4 Å². The molecule has 0 saturated heterocycles. The van der Waals surface area contributed by atoms with E-state index in [1.165, 1.54) is 33.4 Å². The van der Waals surface area contributed by atoms with Gasteiger partial charge in [-0.25, -0.2) is 4.98 Å². The first-order valence-electron chi connectivity index (χ1n) is 8.71. The van der Waals surface area contributed by atoms with Gasteiger partial charge < -0.3 is 4.57 Å². The Morgan fingerprint density at radius 2 is 1.92 bits per heavy atom. The van der Waals surface area contributed by atoms with E-state index in [9.17, 15) is 0 Å². The third-order valence-electron chi connectivity index (χ3n) is 5.10. The van der Waals surface area contributed by atoms with Crippen LogP contribution >= 0.6 is 0 Å². The Labute approximate surface area is 148 Å². The van der Waals surface area contributed by atoms with Crippen LogP contribution in [0.3, 0.4) is 0 Å². The molecule has 0 N–H and O–H groups in total. The van der Waals surface area contributed by atoms with E-state index >= 15 is 0 Å². The molecule has 2 aromatic heterocycles. The maximum absolute atomic E-state index is 4.30. The van der Waals surface area contributed by atoms with Gasteiger partial charge in [-0.1, -0.05) is 18.2 Å². The van der Waals surface area contributed by atoms with Gasteiger partial charge in [-0.15, -0.1) is 0 Å². The Bertz CT molecular complexity index is 966. The third-order valence-corrected chi connectivity index (χ3v) is 5.10. The molecule has 0 saturated carbocycles. The maximum Gasteiger partial charge on any atom is 0.105 e. The summed E-state index contributed by atoms with van der Waals surface area (Å²) in [5.41, 5.74) is 9.08. The molecule has 2 heterocycles. The predicted molar refractivity (Wildman–Crippen MR) is 100 cm³/mol. The number of aryl methyl sites for hydroxylation is 3. The fourth-order valence-corrected chi connectivity index (χ4v) is 3.57. The van der Waals surface area contributed by atoms with E-state index in [1.807, 2.05) is 25.5 Å². The molecular weight excluding hydrogens is 308 g/mol. The zero-order valence-electron chi connectivity index (χ0n) is 15.0. The summed E-state index contributed by atoms with van der Waals surface area (Å²) in [6, 6.07) is 6.60. The van der Waals surface area contributed by atoms with Crippen molar-refractivity contribution in [2.45, 2.75) is 40.2 Å². The smallest absolute Gasteiger partial charge is 0.105 e. The van der Waals surface area contributed by atoms with Crippen molar-refractivity contribution in [3.05, 3.63) is 76.1 Å². The van der Waals surface area contributed by atoms with Crippen LogP contribution in [-0.2, 0) is 13.0 Å². The van der Waals surface area contributed by atoms with Crippen molar-refractivity contribution in [1.29, 1.82) is 0 Å². The van der Waals surface area contributed by atoms with Crippen molar-refractivity contribution in [3.8, 4) is 0 Å². The molecule has 0 aliphatic heterocycles. The minimum absolute atomic E-state index is 0.703. The summed E-state index contributed by atoms with van der Waals surface area (Å²) in [5.74, 6) is 0.990. The van der Waals surface area contributed by atoms with Gasteiger partial charge in [-0.2, -0.15) is 10.2 Å². The maximum atomic E-state index is 4.30. The average molecular weight is 330 g/mol. The van der Waals surface area contributed by atoms with Crippen LogP contribution in [0.4, 0.5) is 0 Å². The number of rotatable bonds is 3. The van der Waals surface area contributed by atoms with E-state index in [-0.39, 0.29) is 0 Å². The molecule has 4 nitrogen and oxygen atoms in total. The molecule has 0 fully saturated rings. The fraction of sp³-hybridized carbons (Fsp3) is 0.286. The number of hydrogen-bond acceptors (Lipinski definition) is 3. The van der Waals surface area contributed by atoms with Crippen molar-refractivity contribution in [2.75, 3.05) is 0 Å². The van der Waals surface area contributed by atoms with Crippen molar-refractivity contribution < 1.29 is 0 Å². The topological polar surface area (TPSA) is 43.6 Å². The van der Waals surface area contributed by atoms with Crippen molar-refractivity contribution in [1.82, 2.24) is 19.7 Å². The van der Waals surface area contributed by atoms with Crippen molar-refractivity contribution in [3.63, 3.8) is 0 Å². The second-order valence-corrected chi connectivity index (χ2v) is 6.80. The van der Waals surface area contributed by atoms with Gasteiger partial charge in [0.1, 0.15) is 5.82 Å². The van der Waals surface area contributed by atoms with E-state index in [0.29, 0.717) is 6.54 Å². The lowest BCUT2D eigenvalue weighted by Crippen LogP contribution is -2.06. The largest absolute Gasteiger partial charge is 0.329 e. The molecule has 0 spiro atoms. The number of imidazole rings is 1. The summed E-state index contributed by atoms with van der Waals surface area (Å²) < 4.78 is 2.09. The van der Waals surface area contributed by atoms with Gasteiger partial charge in [0.05, 0.1) is 18.4 Å². The summed E-state index contributed by atoms with van der Waals surface area (Å²) in [6.45, 7) is 7.10. The number of fused-ring (bicyclic) bond motifs is 1. The van der Waals surface area contributed by atoms with Gasteiger partial charge in [-0.3, -0.25) is 0 Å². The monoisotopic (exact) mass is 330 g/mol. The lowest BCUT2D eigenvalue weighted by Gasteiger charge is -2.20. The van der Waals surface area contributed by atoms with Crippen molar-refractivity contribution in [2.24, 2.45) is 0 Å². The van der Waals surface area contributed by atoms with E-state index in [2.05, 4.69) is 57.9 Å². The van der Waals surface area contributed by atoms with Gasteiger partial charge in [0.25, 0.3) is 0 Å². The van der Waals surface area contributed by atoms with Gasteiger partial charge in [0, 0.05) is 12.4 Å². The number of allylic oxidation sites excluding steroid dienone is 1.